The minimum absolute atomic E-state index is 0.271. The lowest BCUT2D eigenvalue weighted by Gasteiger charge is -2.31. The average Bonchev–Trinajstić information content (AvgIpc) is 2.74. The molecule has 1 unspecified atom stereocenters. The highest BCUT2D eigenvalue weighted by atomic mass is 15.3. The first-order valence-corrected chi connectivity index (χ1v) is 7.92. The molecule has 1 atom stereocenters. The maximum atomic E-state index is 4.46. The van der Waals surface area contributed by atoms with E-state index in [1.165, 1.54) is 0 Å². The molecule has 20 heavy (non-hydrogen) atoms. The highest BCUT2D eigenvalue weighted by Gasteiger charge is 2.26. The number of hydrogen-bond donors (Lipinski definition) is 1. The van der Waals surface area contributed by atoms with Gasteiger partial charge in [-0.2, -0.15) is 5.10 Å². The Morgan fingerprint density at radius 3 is 2.50 bits per heavy atom. The third-order valence-corrected chi connectivity index (χ3v) is 3.73. The van der Waals surface area contributed by atoms with E-state index in [1.807, 2.05) is 0 Å². The normalized spacial score (nSPS) is 13.9. The Bertz CT molecular complexity index is 376. The Labute approximate surface area is 124 Å². The van der Waals surface area contributed by atoms with Gasteiger partial charge in [-0.1, -0.05) is 41.5 Å². The van der Waals surface area contributed by atoms with Crippen molar-refractivity contribution in [2.75, 3.05) is 13.1 Å². The van der Waals surface area contributed by atoms with Gasteiger partial charge in [-0.15, -0.1) is 0 Å². The molecule has 4 heteroatoms. The minimum Gasteiger partial charge on any atom is -0.316 e. The van der Waals surface area contributed by atoms with Crippen LogP contribution in [0.2, 0.25) is 0 Å². The molecular weight excluding hydrogens is 248 g/mol. The van der Waals surface area contributed by atoms with Crippen LogP contribution in [0.5, 0.6) is 0 Å². The lowest BCUT2D eigenvalue weighted by molar-refractivity contribution is 0.223. The third-order valence-electron chi connectivity index (χ3n) is 3.73. The molecule has 0 aliphatic rings. The molecule has 1 heterocycles. The maximum absolute atomic E-state index is 4.46. The van der Waals surface area contributed by atoms with Crippen LogP contribution in [0.1, 0.15) is 53.8 Å². The van der Waals surface area contributed by atoms with Gasteiger partial charge in [0.15, 0.2) is 0 Å². The summed E-state index contributed by atoms with van der Waals surface area (Å²) in [5.74, 6) is 2.39. The highest BCUT2D eigenvalue weighted by Crippen LogP contribution is 2.28. The van der Waals surface area contributed by atoms with Gasteiger partial charge in [-0.05, 0) is 36.8 Å². The van der Waals surface area contributed by atoms with E-state index in [-0.39, 0.29) is 5.41 Å². The second kappa shape index (κ2) is 7.77. The molecule has 0 bridgehead atoms. The van der Waals surface area contributed by atoms with Gasteiger partial charge in [0.2, 0.25) is 0 Å². The van der Waals surface area contributed by atoms with Crippen LogP contribution >= 0.6 is 0 Å². The highest BCUT2D eigenvalue weighted by molar-refractivity contribution is 4.91. The van der Waals surface area contributed by atoms with Crippen LogP contribution in [0, 0.1) is 17.3 Å². The summed E-state index contributed by atoms with van der Waals surface area (Å²) >= 11 is 0. The number of aromatic nitrogens is 3. The molecule has 116 valence electrons. The lowest BCUT2D eigenvalue weighted by Crippen LogP contribution is -2.35. The summed E-state index contributed by atoms with van der Waals surface area (Å²) in [5, 5.41) is 7.93. The third kappa shape index (κ3) is 5.61. The van der Waals surface area contributed by atoms with Crippen molar-refractivity contribution in [3.8, 4) is 0 Å². The van der Waals surface area contributed by atoms with Gasteiger partial charge in [0.1, 0.15) is 12.2 Å². The van der Waals surface area contributed by atoms with E-state index in [1.54, 1.807) is 6.33 Å². The van der Waals surface area contributed by atoms with Crippen LogP contribution in [0.15, 0.2) is 6.33 Å². The van der Waals surface area contributed by atoms with Gasteiger partial charge in [-0.25, -0.2) is 4.98 Å². The molecule has 1 aromatic rings. The largest absolute Gasteiger partial charge is 0.316 e. The van der Waals surface area contributed by atoms with Gasteiger partial charge in [0, 0.05) is 13.0 Å². The summed E-state index contributed by atoms with van der Waals surface area (Å²) in [7, 11) is 0. The Hall–Kier alpha value is -0.900. The fourth-order valence-electron chi connectivity index (χ4n) is 2.30. The maximum Gasteiger partial charge on any atom is 0.138 e. The number of aryl methyl sites for hydroxylation is 1. The molecule has 0 aliphatic carbocycles. The van der Waals surface area contributed by atoms with Crippen LogP contribution in [0.3, 0.4) is 0 Å². The van der Waals surface area contributed by atoms with Gasteiger partial charge >= 0.3 is 0 Å². The van der Waals surface area contributed by atoms with Crippen molar-refractivity contribution in [1.29, 1.82) is 0 Å². The van der Waals surface area contributed by atoms with Crippen molar-refractivity contribution in [2.24, 2.45) is 17.3 Å². The van der Waals surface area contributed by atoms with E-state index < -0.39 is 0 Å². The van der Waals surface area contributed by atoms with Gasteiger partial charge in [0.05, 0.1) is 0 Å². The summed E-state index contributed by atoms with van der Waals surface area (Å²) in [6.07, 6.45) is 3.78. The predicted octanol–water partition coefficient (Wildman–Crippen LogP) is 3.14. The first-order valence-electron chi connectivity index (χ1n) is 7.92. The Kier molecular flexibility index (Phi) is 6.66. The van der Waals surface area contributed by atoms with E-state index in [0.717, 1.165) is 38.3 Å². The fourth-order valence-corrected chi connectivity index (χ4v) is 2.30. The van der Waals surface area contributed by atoms with Crippen LogP contribution in [0.4, 0.5) is 0 Å². The quantitative estimate of drug-likeness (QED) is 0.795. The zero-order valence-electron chi connectivity index (χ0n) is 14.1. The zero-order chi connectivity index (χ0) is 15.2. The second-order valence-corrected chi connectivity index (χ2v) is 7.22. The average molecular weight is 280 g/mol. The smallest absolute Gasteiger partial charge is 0.138 e. The van der Waals surface area contributed by atoms with E-state index in [4.69, 9.17) is 0 Å². The Morgan fingerprint density at radius 1 is 1.25 bits per heavy atom. The lowest BCUT2D eigenvalue weighted by atomic mass is 9.78. The number of nitrogens with one attached hydrogen (secondary N) is 1. The molecule has 0 spiro atoms. The molecule has 0 aromatic carbocycles. The standard InChI is InChI=1S/C16H32N4/c1-7-8-20-15(18-12-19-20)9-14(16(4,5)6)11-17-10-13(2)3/h12-14,17H,7-11H2,1-6H3. The summed E-state index contributed by atoms with van der Waals surface area (Å²) in [4.78, 5) is 4.46. The second-order valence-electron chi connectivity index (χ2n) is 7.22. The molecule has 1 aromatic heterocycles. The monoisotopic (exact) mass is 280 g/mol. The summed E-state index contributed by atoms with van der Waals surface area (Å²) < 4.78 is 2.06. The number of rotatable bonds is 8. The van der Waals surface area contributed by atoms with Crippen LogP contribution in [-0.2, 0) is 13.0 Å². The molecule has 0 saturated heterocycles. The first kappa shape index (κ1) is 17.2. The molecule has 0 fully saturated rings. The molecule has 4 nitrogen and oxygen atoms in total. The van der Waals surface area contributed by atoms with E-state index >= 15 is 0 Å². The summed E-state index contributed by atoms with van der Waals surface area (Å²) in [5.41, 5.74) is 0.271. The molecule has 0 amide bonds. The minimum atomic E-state index is 0.271. The van der Waals surface area contributed by atoms with Gasteiger partial charge in [0.25, 0.3) is 0 Å². The molecular formula is C16H32N4. The Morgan fingerprint density at radius 2 is 1.95 bits per heavy atom. The van der Waals surface area contributed by atoms with Crippen molar-refractivity contribution in [1.82, 2.24) is 20.1 Å². The summed E-state index contributed by atoms with van der Waals surface area (Å²) in [6, 6.07) is 0. The van der Waals surface area contributed by atoms with Crippen molar-refractivity contribution < 1.29 is 0 Å². The summed E-state index contributed by atoms with van der Waals surface area (Å²) in [6.45, 7) is 16.7. The van der Waals surface area contributed by atoms with Crippen molar-refractivity contribution >= 4 is 0 Å². The number of hydrogen-bond acceptors (Lipinski definition) is 3. The van der Waals surface area contributed by atoms with Crippen LogP contribution in [0.25, 0.3) is 0 Å². The van der Waals surface area contributed by atoms with Crippen molar-refractivity contribution in [3.05, 3.63) is 12.2 Å². The topological polar surface area (TPSA) is 42.7 Å². The fraction of sp³-hybridized carbons (Fsp3) is 0.875. The molecule has 0 radical (unpaired) electrons. The Balaban J connectivity index is 2.66. The van der Waals surface area contributed by atoms with E-state index in [2.05, 4.69) is 61.6 Å². The van der Waals surface area contributed by atoms with E-state index in [0.29, 0.717) is 11.8 Å². The van der Waals surface area contributed by atoms with Crippen molar-refractivity contribution in [3.63, 3.8) is 0 Å². The van der Waals surface area contributed by atoms with Gasteiger partial charge < -0.3 is 5.32 Å². The molecule has 1 rings (SSSR count). The zero-order valence-corrected chi connectivity index (χ0v) is 14.1. The van der Waals surface area contributed by atoms with Crippen LogP contribution in [-0.4, -0.2) is 27.9 Å². The first-order chi connectivity index (χ1) is 9.34. The van der Waals surface area contributed by atoms with Crippen molar-refractivity contribution in [2.45, 2.75) is 60.9 Å². The van der Waals surface area contributed by atoms with Crippen LogP contribution < -0.4 is 5.32 Å². The number of nitrogens with zero attached hydrogens (tertiary/aromatic N) is 3. The molecule has 0 saturated carbocycles. The van der Waals surface area contributed by atoms with E-state index in [9.17, 15) is 0 Å². The predicted molar refractivity (Wildman–Crippen MR) is 84.7 cm³/mol. The molecule has 1 N–H and O–H groups in total. The molecule has 0 aliphatic heterocycles. The van der Waals surface area contributed by atoms with Gasteiger partial charge in [-0.3, -0.25) is 4.68 Å². The SMILES string of the molecule is CCCn1ncnc1CC(CNCC(C)C)C(C)(C)C.